The third kappa shape index (κ3) is 3.66. The van der Waals surface area contributed by atoms with E-state index in [9.17, 15) is 4.79 Å². The molecule has 1 aliphatic rings. The molecule has 19 heavy (non-hydrogen) atoms. The van der Waals surface area contributed by atoms with Crippen LogP contribution in [-0.4, -0.2) is 34.3 Å². The Bertz CT molecular complexity index is 371. The zero-order valence-electron chi connectivity index (χ0n) is 12.6. The van der Waals surface area contributed by atoms with Crippen LogP contribution < -0.4 is 0 Å². The van der Waals surface area contributed by atoms with E-state index in [4.69, 9.17) is 4.74 Å². The van der Waals surface area contributed by atoms with Crippen LogP contribution in [-0.2, 0) is 9.47 Å². The highest BCUT2D eigenvalue weighted by molar-refractivity contribution is 5.60. The van der Waals surface area contributed by atoms with E-state index in [-0.39, 0.29) is 5.54 Å². The smallest absolute Gasteiger partial charge is 0.438 e. The molecule has 5 nitrogen and oxygen atoms in total. The van der Waals surface area contributed by atoms with Crippen molar-refractivity contribution in [3.63, 3.8) is 0 Å². The van der Waals surface area contributed by atoms with E-state index in [0.717, 1.165) is 0 Å². The number of hydrogen-bond donors (Lipinski definition) is 0. The number of rotatable bonds is 3. The summed E-state index contributed by atoms with van der Waals surface area (Å²) in [6.45, 7) is 10.2. The molecule has 1 rings (SSSR count). The molecule has 108 valence electrons. The fraction of sp³-hybridized carbons (Fsp3) is 0.643. The fourth-order valence-electron chi connectivity index (χ4n) is 1.68. The van der Waals surface area contributed by atoms with Crippen LogP contribution in [0.2, 0.25) is 0 Å². The van der Waals surface area contributed by atoms with Gasteiger partial charge in [0, 0.05) is 36.8 Å². The van der Waals surface area contributed by atoms with Crippen molar-refractivity contribution in [2.24, 2.45) is 0 Å². The Labute approximate surface area is 115 Å². The monoisotopic (exact) mass is 268 g/mol. The number of hydrogen-bond acceptors (Lipinski definition) is 5. The minimum atomic E-state index is -0.746. The van der Waals surface area contributed by atoms with Crippen LogP contribution in [0, 0.1) is 0 Å². The first-order chi connectivity index (χ1) is 8.73. The van der Waals surface area contributed by atoms with Gasteiger partial charge in [-0.3, -0.25) is 0 Å². The number of ether oxygens (including phenoxy) is 2. The van der Waals surface area contributed by atoms with Gasteiger partial charge in [0.25, 0.3) is 0 Å². The van der Waals surface area contributed by atoms with Crippen LogP contribution in [0.3, 0.4) is 0 Å². The molecule has 0 aromatic rings. The van der Waals surface area contributed by atoms with Gasteiger partial charge in [0.05, 0.1) is 7.11 Å². The maximum absolute atomic E-state index is 11.3. The Kier molecular flexibility index (Phi) is 4.50. The van der Waals surface area contributed by atoms with Gasteiger partial charge in [-0.25, -0.2) is 4.79 Å². The average Bonchev–Trinajstić information content (AvgIpc) is 2.37. The number of methoxy groups -OCH3 is 1. The summed E-state index contributed by atoms with van der Waals surface area (Å²) in [7, 11) is 1.31. The number of carbonyl (C=O) groups excluding carboxylic acids is 1. The van der Waals surface area contributed by atoms with Gasteiger partial charge in [0.2, 0.25) is 0 Å². The van der Waals surface area contributed by atoms with E-state index >= 15 is 0 Å². The predicted octanol–water partition coefficient (Wildman–Crippen LogP) is 3.25. The van der Waals surface area contributed by atoms with Crippen LogP contribution in [0.25, 0.3) is 0 Å². The van der Waals surface area contributed by atoms with Crippen molar-refractivity contribution in [3.8, 4) is 0 Å². The lowest BCUT2D eigenvalue weighted by Gasteiger charge is -2.41. The lowest BCUT2D eigenvalue weighted by Crippen LogP contribution is -2.46. The van der Waals surface area contributed by atoms with Crippen molar-refractivity contribution in [1.82, 2.24) is 9.80 Å². The highest BCUT2D eigenvalue weighted by Gasteiger charge is 2.33. The van der Waals surface area contributed by atoms with Crippen molar-refractivity contribution in [1.29, 1.82) is 0 Å². The molecule has 0 amide bonds. The van der Waals surface area contributed by atoms with E-state index < -0.39 is 11.9 Å². The zero-order valence-corrected chi connectivity index (χ0v) is 12.6. The molecule has 5 heteroatoms. The first-order valence-corrected chi connectivity index (χ1v) is 6.43. The number of carbonyl (C=O) groups is 1. The van der Waals surface area contributed by atoms with Gasteiger partial charge >= 0.3 is 6.16 Å². The molecular formula is C14H24N2O3. The normalized spacial score (nSPS) is 18.2. The third-order valence-corrected chi connectivity index (χ3v) is 3.22. The van der Waals surface area contributed by atoms with Gasteiger partial charge in [0.1, 0.15) is 0 Å². The molecule has 0 radical (unpaired) electrons. The van der Waals surface area contributed by atoms with Crippen molar-refractivity contribution >= 4 is 6.16 Å². The molecule has 0 N–H and O–H groups in total. The van der Waals surface area contributed by atoms with Gasteiger partial charge in [-0.05, 0) is 27.7 Å². The molecule has 1 unspecified atom stereocenters. The van der Waals surface area contributed by atoms with Crippen molar-refractivity contribution in [2.75, 3.05) is 7.11 Å². The van der Waals surface area contributed by atoms with Crippen molar-refractivity contribution in [3.05, 3.63) is 24.8 Å². The topological polar surface area (TPSA) is 42.0 Å². The van der Waals surface area contributed by atoms with Crippen LogP contribution in [0.1, 0.15) is 41.0 Å². The van der Waals surface area contributed by atoms with Crippen LogP contribution >= 0.6 is 0 Å². The van der Waals surface area contributed by atoms with Gasteiger partial charge in [-0.2, -0.15) is 0 Å². The van der Waals surface area contributed by atoms with Gasteiger partial charge < -0.3 is 19.3 Å². The van der Waals surface area contributed by atoms with Gasteiger partial charge in [0.15, 0.2) is 5.72 Å². The maximum atomic E-state index is 11.3. The Hall–Kier alpha value is -1.65. The van der Waals surface area contributed by atoms with E-state index in [1.807, 2.05) is 43.5 Å². The Morgan fingerprint density at radius 2 is 1.53 bits per heavy atom. The summed E-state index contributed by atoms with van der Waals surface area (Å²) >= 11 is 0. The fourth-order valence-corrected chi connectivity index (χ4v) is 1.68. The quantitative estimate of drug-likeness (QED) is 0.735. The summed E-state index contributed by atoms with van der Waals surface area (Å²) in [5.74, 6) is 0. The zero-order chi connectivity index (χ0) is 14.7. The minimum absolute atomic E-state index is 0.0188. The van der Waals surface area contributed by atoms with Gasteiger partial charge in [-0.1, -0.05) is 6.92 Å². The molecular weight excluding hydrogens is 244 g/mol. The molecule has 0 aliphatic carbocycles. The summed E-state index contributed by atoms with van der Waals surface area (Å²) in [4.78, 5) is 15.3. The molecule has 1 heterocycles. The lowest BCUT2D eigenvalue weighted by molar-refractivity contribution is -0.0844. The summed E-state index contributed by atoms with van der Waals surface area (Å²) in [6, 6.07) is 0. The molecule has 0 aromatic heterocycles. The van der Waals surface area contributed by atoms with Crippen LogP contribution in [0.4, 0.5) is 4.79 Å². The Morgan fingerprint density at radius 3 is 1.89 bits per heavy atom. The SMILES string of the molecule is CCC(C)(OC(=O)OC)N1C=CN(C(C)(C)C)C=C1. The first-order valence-electron chi connectivity index (χ1n) is 6.43. The highest BCUT2D eigenvalue weighted by atomic mass is 16.7. The first kappa shape index (κ1) is 15.4. The second kappa shape index (κ2) is 5.55. The molecule has 0 saturated carbocycles. The maximum Gasteiger partial charge on any atom is 0.510 e. The van der Waals surface area contributed by atoms with Crippen LogP contribution in [0.5, 0.6) is 0 Å². The standard InChI is InChI=1S/C14H24N2O3/c1-7-14(5,19-12(17)18-6)16-10-8-15(9-11-16)13(2,3)4/h8-11H,7H2,1-6H3. The third-order valence-electron chi connectivity index (χ3n) is 3.22. The summed E-state index contributed by atoms with van der Waals surface area (Å²) in [5.41, 5.74) is -0.727. The van der Waals surface area contributed by atoms with E-state index in [2.05, 4.69) is 30.4 Å². The van der Waals surface area contributed by atoms with Crippen LogP contribution in [0.15, 0.2) is 24.8 Å². The van der Waals surface area contributed by atoms with E-state index in [1.54, 1.807) is 0 Å². The molecule has 0 saturated heterocycles. The van der Waals surface area contributed by atoms with E-state index in [1.165, 1.54) is 7.11 Å². The minimum Gasteiger partial charge on any atom is -0.438 e. The number of nitrogens with zero attached hydrogens (tertiary/aromatic N) is 2. The molecule has 0 aromatic carbocycles. The Balaban J connectivity index is 2.81. The second-order valence-electron chi connectivity index (χ2n) is 5.67. The highest BCUT2D eigenvalue weighted by Crippen LogP contribution is 2.27. The molecule has 1 atom stereocenters. The predicted molar refractivity (Wildman–Crippen MR) is 73.9 cm³/mol. The molecule has 0 spiro atoms. The summed E-state index contributed by atoms with van der Waals surface area (Å²) in [5, 5.41) is 0. The summed E-state index contributed by atoms with van der Waals surface area (Å²) in [6.07, 6.45) is 7.70. The largest absolute Gasteiger partial charge is 0.510 e. The average molecular weight is 268 g/mol. The van der Waals surface area contributed by atoms with Crippen molar-refractivity contribution < 1.29 is 14.3 Å². The van der Waals surface area contributed by atoms with Gasteiger partial charge in [-0.15, -0.1) is 0 Å². The lowest BCUT2D eigenvalue weighted by atomic mass is 10.1. The molecule has 0 fully saturated rings. The Morgan fingerprint density at radius 1 is 1.05 bits per heavy atom. The molecule has 0 bridgehead atoms. The second-order valence-corrected chi connectivity index (χ2v) is 5.67. The van der Waals surface area contributed by atoms with Crippen molar-refractivity contribution in [2.45, 2.75) is 52.3 Å². The summed E-state index contributed by atoms with van der Waals surface area (Å²) < 4.78 is 9.91. The molecule has 1 aliphatic heterocycles. The van der Waals surface area contributed by atoms with E-state index in [0.29, 0.717) is 6.42 Å².